The molecule has 1 aliphatic heterocycles. The van der Waals surface area contributed by atoms with Gasteiger partial charge in [0.25, 0.3) is 5.89 Å². The zero-order valence-electron chi connectivity index (χ0n) is 10.4. The third kappa shape index (κ3) is 2.26. The first-order chi connectivity index (χ1) is 8.83. The van der Waals surface area contributed by atoms with E-state index in [1.807, 2.05) is 25.1 Å². The lowest BCUT2D eigenvalue weighted by Crippen LogP contribution is -2.28. The molecule has 18 heavy (non-hydrogen) atoms. The van der Waals surface area contributed by atoms with Gasteiger partial charge in [-0.2, -0.15) is 4.98 Å². The summed E-state index contributed by atoms with van der Waals surface area (Å²) >= 11 is 0. The summed E-state index contributed by atoms with van der Waals surface area (Å²) in [4.78, 5) is 8.86. The molecule has 0 spiro atoms. The molecule has 0 saturated carbocycles. The van der Waals surface area contributed by atoms with Crippen molar-refractivity contribution in [3.8, 4) is 11.6 Å². The molecule has 1 fully saturated rings. The molecule has 1 atom stereocenters. The summed E-state index contributed by atoms with van der Waals surface area (Å²) in [7, 11) is 0. The van der Waals surface area contributed by atoms with Crippen LogP contribution in [0.25, 0.3) is 11.6 Å². The molecule has 0 radical (unpaired) electrons. The normalized spacial score (nSPS) is 19.9. The van der Waals surface area contributed by atoms with Crippen molar-refractivity contribution < 1.29 is 4.52 Å². The predicted octanol–water partition coefficient (Wildman–Crippen LogP) is 1.91. The molecule has 3 rings (SSSR count). The molecule has 3 heterocycles. The van der Waals surface area contributed by atoms with E-state index in [-0.39, 0.29) is 0 Å². The Labute approximate surface area is 106 Å². The fourth-order valence-corrected chi connectivity index (χ4v) is 2.24. The SMILES string of the molecule is Cc1cccc(-c2nc(C3CCCNC3)no2)n1. The Morgan fingerprint density at radius 1 is 1.33 bits per heavy atom. The summed E-state index contributed by atoms with van der Waals surface area (Å²) in [5, 5.41) is 7.43. The van der Waals surface area contributed by atoms with E-state index < -0.39 is 0 Å². The van der Waals surface area contributed by atoms with Gasteiger partial charge in [-0.05, 0) is 38.4 Å². The molecule has 0 amide bonds. The van der Waals surface area contributed by atoms with Gasteiger partial charge in [0.1, 0.15) is 5.69 Å². The number of nitrogens with one attached hydrogen (secondary N) is 1. The molecule has 0 bridgehead atoms. The second kappa shape index (κ2) is 4.86. The van der Waals surface area contributed by atoms with E-state index in [0.717, 1.165) is 43.1 Å². The van der Waals surface area contributed by atoms with Crippen LogP contribution in [-0.4, -0.2) is 28.2 Å². The van der Waals surface area contributed by atoms with Crippen LogP contribution >= 0.6 is 0 Å². The third-order valence-corrected chi connectivity index (χ3v) is 3.21. The number of hydrogen-bond donors (Lipinski definition) is 1. The molecular formula is C13H16N4O. The van der Waals surface area contributed by atoms with Crippen LogP contribution in [0.15, 0.2) is 22.7 Å². The Bertz CT molecular complexity index is 531. The van der Waals surface area contributed by atoms with E-state index in [1.165, 1.54) is 0 Å². The Morgan fingerprint density at radius 3 is 3.06 bits per heavy atom. The van der Waals surface area contributed by atoms with E-state index in [0.29, 0.717) is 11.8 Å². The molecule has 1 saturated heterocycles. The second-order valence-electron chi connectivity index (χ2n) is 4.67. The monoisotopic (exact) mass is 244 g/mol. The molecule has 5 heteroatoms. The molecule has 2 aromatic heterocycles. The minimum Gasteiger partial charge on any atom is -0.332 e. The van der Waals surface area contributed by atoms with Crippen LogP contribution in [0.5, 0.6) is 0 Å². The van der Waals surface area contributed by atoms with Crippen molar-refractivity contribution in [1.29, 1.82) is 0 Å². The van der Waals surface area contributed by atoms with Gasteiger partial charge >= 0.3 is 0 Å². The minimum atomic E-state index is 0.362. The molecule has 1 aliphatic rings. The summed E-state index contributed by atoms with van der Waals surface area (Å²) in [6.45, 7) is 3.96. The maximum atomic E-state index is 5.31. The van der Waals surface area contributed by atoms with Crippen molar-refractivity contribution in [2.75, 3.05) is 13.1 Å². The molecule has 2 aromatic rings. The topological polar surface area (TPSA) is 63.8 Å². The zero-order valence-corrected chi connectivity index (χ0v) is 10.4. The summed E-state index contributed by atoms with van der Waals surface area (Å²) < 4.78 is 5.31. The van der Waals surface area contributed by atoms with Crippen LogP contribution in [0, 0.1) is 6.92 Å². The van der Waals surface area contributed by atoms with E-state index >= 15 is 0 Å². The average Bonchev–Trinajstić information content (AvgIpc) is 2.89. The van der Waals surface area contributed by atoms with Gasteiger partial charge in [-0.25, -0.2) is 4.98 Å². The molecule has 1 unspecified atom stereocenters. The fraction of sp³-hybridized carbons (Fsp3) is 0.462. The lowest BCUT2D eigenvalue weighted by Gasteiger charge is -2.19. The van der Waals surface area contributed by atoms with Gasteiger partial charge in [0.2, 0.25) is 0 Å². The number of pyridine rings is 1. The number of aryl methyl sites for hydroxylation is 1. The molecule has 0 aromatic carbocycles. The van der Waals surface area contributed by atoms with Crippen molar-refractivity contribution >= 4 is 0 Å². The van der Waals surface area contributed by atoms with Crippen molar-refractivity contribution in [3.05, 3.63) is 29.7 Å². The van der Waals surface area contributed by atoms with Gasteiger partial charge in [-0.15, -0.1) is 0 Å². The van der Waals surface area contributed by atoms with E-state index in [2.05, 4.69) is 20.4 Å². The summed E-state index contributed by atoms with van der Waals surface area (Å²) in [5.41, 5.74) is 1.70. The highest BCUT2D eigenvalue weighted by atomic mass is 16.5. The largest absolute Gasteiger partial charge is 0.332 e. The van der Waals surface area contributed by atoms with Crippen LogP contribution in [0.1, 0.15) is 30.3 Å². The third-order valence-electron chi connectivity index (χ3n) is 3.21. The average molecular weight is 244 g/mol. The minimum absolute atomic E-state index is 0.362. The quantitative estimate of drug-likeness (QED) is 0.874. The Morgan fingerprint density at radius 2 is 2.28 bits per heavy atom. The highest BCUT2D eigenvalue weighted by molar-refractivity contribution is 5.46. The first-order valence-electron chi connectivity index (χ1n) is 6.31. The summed E-state index contributed by atoms with van der Waals surface area (Å²) in [6, 6.07) is 5.79. The van der Waals surface area contributed by atoms with Crippen LogP contribution in [0.3, 0.4) is 0 Å². The van der Waals surface area contributed by atoms with Crippen molar-refractivity contribution in [3.63, 3.8) is 0 Å². The Balaban J connectivity index is 1.84. The van der Waals surface area contributed by atoms with Gasteiger partial charge in [-0.1, -0.05) is 11.2 Å². The predicted molar refractivity (Wildman–Crippen MR) is 67.1 cm³/mol. The first-order valence-corrected chi connectivity index (χ1v) is 6.31. The van der Waals surface area contributed by atoms with Gasteiger partial charge in [0.15, 0.2) is 5.82 Å². The lowest BCUT2D eigenvalue weighted by molar-refractivity contribution is 0.392. The highest BCUT2D eigenvalue weighted by Crippen LogP contribution is 2.23. The number of nitrogens with zero attached hydrogens (tertiary/aromatic N) is 3. The fourth-order valence-electron chi connectivity index (χ4n) is 2.24. The zero-order chi connectivity index (χ0) is 12.4. The van der Waals surface area contributed by atoms with Crippen LogP contribution in [0.2, 0.25) is 0 Å². The van der Waals surface area contributed by atoms with Crippen LogP contribution in [-0.2, 0) is 0 Å². The number of piperidine rings is 1. The molecular weight excluding hydrogens is 228 g/mol. The van der Waals surface area contributed by atoms with Gasteiger partial charge in [0.05, 0.1) is 0 Å². The highest BCUT2D eigenvalue weighted by Gasteiger charge is 2.21. The Kier molecular flexibility index (Phi) is 3.06. The number of hydrogen-bond acceptors (Lipinski definition) is 5. The number of rotatable bonds is 2. The van der Waals surface area contributed by atoms with Crippen LogP contribution in [0.4, 0.5) is 0 Å². The van der Waals surface area contributed by atoms with E-state index in [9.17, 15) is 0 Å². The standard InChI is InChI=1S/C13H16N4O/c1-9-4-2-6-11(15-9)13-16-12(17-18-13)10-5-3-7-14-8-10/h2,4,6,10,14H,3,5,7-8H2,1H3. The summed E-state index contributed by atoms with van der Waals surface area (Å²) in [5.74, 6) is 1.67. The molecule has 1 N–H and O–H groups in total. The maximum Gasteiger partial charge on any atom is 0.276 e. The Hall–Kier alpha value is -1.75. The van der Waals surface area contributed by atoms with Crippen molar-refractivity contribution in [2.45, 2.75) is 25.7 Å². The maximum absolute atomic E-state index is 5.31. The second-order valence-corrected chi connectivity index (χ2v) is 4.67. The number of aromatic nitrogens is 3. The lowest BCUT2D eigenvalue weighted by atomic mass is 9.99. The molecule has 5 nitrogen and oxygen atoms in total. The van der Waals surface area contributed by atoms with E-state index in [4.69, 9.17) is 4.52 Å². The molecule has 0 aliphatic carbocycles. The smallest absolute Gasteiger partial charge is 0.276 e. The first kappa shape index (κ1) is 11.3. The van der Waals surface area contributed by atoms with Crippen molar-refractivity contribution in [2.24, 2.45) is 0 Å². The van der Waals surface area contributed by atoms with Gasteiger partial charge in [-0.3, -0.25) is 0 Å². The van der Waals surface area contributed by atoms with Crippen molar-refractivity contribution in [1.82, 2.24) is 20.4 Å². The van der Waals surface area contributed by atoms with Gasteiger partial charge < -0.3 is 9.84 Å². The summed E-state index contributed by atoms with van der Waals surface area (Å²) in [6.07, 6.45) is 2.28. The van der Waals surface area contributed by atoms with Gasteiger partial charge in [0, 0.05) is 18.2 Å². The molecule has 94 valence electrons. The van der Waals surface area contributed by atoms with E-state index in [1.54, 1.807) is 0 Å². The van der Waals surface area contributed by atoms with Crippen LogP contribution < -0.4 is 5.32 Å².